The van der Waals surface area contributed by atoms with Gasteiger partial charge < -0.3 is 24.3 Å². The van der Waals surface area contributed by atoms with E-state index in [2.05, 4.69) is 19.8 Å². The van der Waals surface area contributed by atoms with Gasteiger partial charge >= 0.3 is 13.0 Å². The number of rotatable bonds is 8. The van der Waals surface area contributed by atoms with Gasteiger partial charge in [-0.05, 0) is 31.2 Å². The number of amides is 1. The van der Waals surface area contributed by atoms with Crippen LogP contribution in [0, 0.1) is 12.7 Å². The van der Waals surface area contributed by atoms with Gasteiger partial charge in [0.2, 0.25) is 0 Å². The number of methoxy groups -OCH3 is 1. The van der Waals surface area contributed by atoms with Gasteiger partial charge in [-0.15, -0.1) is 13.2 Å². The van der Waals surface area contributed by atoms with Gasteiger partial charge in [0.25, 0.3) is 5.91 Å². The number of nitrogens with one attached hydrogen (secondary N) is 1. The minimum atomic E-state index is -4.98. The molecule has 0 spiro atoms. The molecule has 0 aliphatic carbocycles. The second-order valence-electron chi connectivity index (χ2n) is 6.76. The number of benzene rings is 2. The molecule has 1 heterocycles. The molecule has 2 aromatic carbocycles. The van der Waals surface area contributed by atoms with Gasteiger partial charge in [-0.1, -0.05) is 0 Å². The summed E-state index contributed by atoms with van der Waals surface area (Å²) in [5.41, 5.74) is 0.108. The Bertz CT molecular complexity index is 1220. The smallest absolute Gasteiger partial charge is 0.493 e. The molecule has 1 aromatic heterocycles. The van der Waals surface area contributed by atoms with Crippen LogP contribution in [0.3, 0.4) is 0 Å². The number of alkyl halides is 5. The molecule has 0 fully saturated rings. The van der Waals surface area contributed by atoms with Crippen molar-refractivity contribution in [2.45, 2.75) is 19.9 Å². The van der Waals surface area contributed by atoms with Crippen LogP contribution >= 0.6 is 0 Å². The monoisotopic (exact) mass is 502 g/mol. The van der Waals surface area contributed by atoms with Gasteiger partial charge in [-0.3, -0.25) is 9.78 Å². The van der Waals surface area contributed by atoms with Crippen LogP contribution < -0.4 is 24.3 Å². The predicted molar refractivity (Wildman–Crippen MR) is 110 cm³/mol. The Morgan fingerprint density at radius 3 is 2.34 bits per heavy atom. The number of pyridine rings is 1. The van der Waals surface area contributed by atoms with Crippen molar-refractivity contribution < 1.29 is 50.1 Å². The molecule has 3 rings (SSSR count). The van der Waals surface area contributed by atoms with Crippen LogP contribution in [0.25, 0.3) is 0 Å². The summed E-state index contributed by atoms with van der Waals surface area (Å²) in [5.74, 6) is -4.73. The van der Waals surface area contributed by atoms with Crippen molar-refractivity contribution in [1.82, 2.24) is 4.98 Å². The minimum Gasteiger partial charge on any atom is -0.493 e. The van der Waals surface area contributed by atoms with E-state index >= 15 is 0 Å². The lowest BCUT2D eigenvalue weighted by molar-refractivity contribution is -0.274. The summed E-state index contributed by atoms with van der Waals surface area (Å²) in [5, 5.41) is 2.43. The maximum absolute atomic E-state index is 14.9. The van der Waals surface area contributed by atoms with Crippen molar-refractivity contribution in [3.05, 3.63) is 65.7 Å². The zero-order valence-corrected chi connectivity index (χ0v) is 18.0. The largest absolute Gasteiger partial charge is 0.573 e. The number of carbonyl (C=O) groups is 1. The van der Waals surface area contributed by atoms with Crippen LogP contribution in [0.15, 0.2) is 48.7 Å². The minimum absolute atomic E-state index is 0.256. The number of halogens is 6. The molecule has 35 heavy (non-hydrogen) atoms. The third kappa shape index (κ3) is 6.91. The zero-order chi connectivity index (χ0) is 25.8. The lowest BCUT2D eigenvalue weighted by Gasteiger charge is -2.17. The van der Waals surface area contributed by atoms with E-state index in [0.29, 0.717) is 11.8 Å². The number of aryl methyl sites for hydroxylation is 1. The van der Waals surface area contributed by atoms with Crippen molar-refractivity contribution in [3.8, 4) is 28.7 Å². The van der Waals surface area contributed by atoms with E-state index in [1.807, 2.05) is 0 Å². The maximum Gasteiger partial charge on any atom is 0.573 e. The van der Waals surface area contributed by atoms with E-state index in [1.54, 1.807) is 6.92 Å². The highest BCUT2D eigenvalue weighted by molar-refractivity contribution is 6.06. The molecule has 0 aliphatic rings. The summed E-state index contributed by atoms with van der Waals surface area (Å²) in [6.45, 7) is -1.66. The summed E-state index contributed by atoms with van der Waals surface area (Å²) >= 11 is 0. The van der Waals surface area contributed by atoms with Crippen LogP contribution in [0.1, 0.15) is 16.1 Å². The van der Waals surface area contributed by atoms with Crippen molar-refractivity contribution in [2.75, 3.05) is 12.4 Å². The molecule has 0 bridgehead atoms. The van der Waals surface area contributed by atoms with Crippen molar-refractivity contribution in [3.63, 3.8) is 0 Å². The fraction of sp³-hybridized carbons (Fsp3) is 0.182. The number of carbonyl (C=O) groups excluding carboxylic acids is 1. The summed E-state index contributed by atoms with van der Waals surface area (Å²) in [6.07, 6.45) is -3.58. The molecule has 0 saturated heterocycles. The first-order valence-corrected chi connectivity index (χ1v) is 9.59. The van der Waals surface area contributed by atoms with E-state index in [-0.39, 0.29) is 17.2 Å². The molecular weight excluding hydrogens is 486 g/mol. The van der Waals surface area contributed by atoms with Crippen LogP contribution in [0.4, 0.5) is 32.0 Å². The SMILES string of the molecule is COc1cc(OC(F)(F)F)ccc1Oc1cc(OC(F)F)cc(F)c1C(=O)Nc1ccnc(C)c1. The van der Waals surface area contributed by atoms with Crippen LogP contribution in [0.5, 0.6) is 28.7 Å². The molecular formula is C22H16F6N2O5. The van der Waals surface area contributed by atoms with E-state index in [4.69, 9.17) is 9.47 Å². The lowest BCUT2D eigenvalue weighted by Crippen LogP contribution is -2.17. The molecule has 1 amide bonds. The second kappa shape index (κ2) is 10.4. The summed E-state index contributed by atoms with van der Waals surface area (Å²) in [6, 6.07) is 7.00. The van der Waals surface area contributed by atoms with Gasteiger partial charge in [0.1, 0.15) is 28.6 Å². The van der Waals surface area contributed by atoms with Crippen molar-refractivity contribution >= 4 is 11.6 Å². The predicted octanol–water partition coefficient (Wildman–Crippen LogP) is 6.08. The molecule has 7 nitrogen and oxygen atoms in total. The molecule has 0 unspecified atom stereocenters. The quantitative estimate of drug-likeness (QED) is 0.376. The third-order valence-corrected chi connectivity index (χ3v) is 4.22. The number of hydrogen-bond donors (Lipinski definition) is 1. The average Bonchev–Trinajstić information content (AvgIpc) is 2.73. The average molecular weight is 502 g/mol. The van der Waals surface area contributed by atoms with Gasteiger partial charge in [-0.2, -0.15) is 8.78 Å². The summed E-state index contributed by atoms with van der Waals surface area (Å²) in [4.78, 5) is 16.8. The Kier molecular flexibility index (Phi) is 7.57. The van der Waals surface area contributed by atoms with Gasteiger partial charge in [-0.25, -0.2) is 4.39 Å². The first kappa shape index (κ1) is 25.5. The number of hydrogen-bond acceptors (Lipinski definition) is 6. The van der Waals surface area contributed by atoms with E-state index in [9.17, 15) is 31.1 Å². The summed E-state index contributed by atoms with van der Waals surface area (Å²) < 4.78 is 96.3. The topological polar surface area (TPSA) is 78.9 Å². The van der Waals surface area contributed by atoms with Crippen LogP contribution in [0.2, 0.25) is 0 Å². The van der Waals surface area contributed by atoms with Gasteiger partial charge in [0, 0.05) is 35.8 Å². The molecule has 0 saturated carbocycles. The fourth-order valence-electron chi connectivity index (χ4n) is 2.89. The number of aromatic nitrogens is 1. The highest BCUT2D eigenvalue weighted by atomic mass is 19.4. The number of nitrogens with zero attached hydrogens (tertiary/aromatic N) is 1. The Balaban J connectivity index is 2.02. The van der Waals surface area contributed by atoms with Crippen LogP contribution in [-0.2, 0) is 0 Å². The van der Waals surface area contributed by atoms with Gasteiger partial charge in [0.05, 0.1) is 7.11 Å². The Morgan fingerprint density at radius 2 is 1.71 bits per heavy atom. The molecule has 0 aliphatic heterocycles. The fourth-order valence-corrected chi connectivity index (χ4v) is 2.89. The molecule has 0 radical (unpaired) electrons. The zero-order valence-electron chi connectivity index (χ0n) is 18.0. The van der Waals surface area contributed by atoms with E-state index in [0.717, 1.165) is 31.4 Å². The first-order chi connectivity index (χ1) is 16.4. The van der Waals surface area contributed by atoms with E-state index < -0.39 is 47.5 Å². The van der Waals surface area contributed by atoms with Gasteiger partial charge in [0.15, 0.2) is 11.5 Å². The standard InChI is InChI=1S/C22H16F6N2O5/c1-11-7-12(5-6-29-11)30-20(31)19-15(23)8-14(33-21(24)25)10-18(19)34-16-4-3-13(9-17(16)32-2)35-22(26,27)28/h3-10,21H,1-2H3,(H,29,30,31). The number of ether oxygens (including phenoxy) is 4. The Morgan fingerprint density at radius 1 is 1.00 bits per heavy atom. The Labute approximate surface area is 194 Å². The second-order valence-corrected chi connectivity index (χ2v) is 6.76. The maximum atomic E-state index is 14.9. The Hall–Kier alpha value is -4.16. The van der Waals surface area contributed by atoms with Crippen molar-refractivity contribution in [1.29, 1.82) is 0 Å². The molecule has 0 atom stereocenters. The van der Waals surface area contributed by atoms with Crippen LogP contribution in [-0.4, -0.2) is 31.0 Å². The van der Waals surface area contributed by atoms with Crippen molar-refractivity contribution in [2.24, 2.45) is 0 Å². The molecule has 13 heteroatoms. The highest BCUT2D eigenvalue weighted by Crippen LogP contribution is 2.39. The molecule has 186 valence electrons. The third-order valence-electron chi connectivity index (χ3n) is 4.22. The first-order valence-electron chi connectivity index (χ1n) is 9.59. The van der Waals surface area contributed by atoms with E-state index in [1.165, 1.54) is 18.3 Å². The summed E-state index contributed by atoms with van der Waals surface area (Å²) in [7, 11) is 1.11. The normalized spacial score (nSPS) is 11.2. The lowest BCUT2D eigenvalue weighted by atomic mass is 10.1. The highest BCUT2D eigenvalue weighted by Gasteiger charge is 2.31. The molecule has 3 aromatic rings. The molecule has 1 N–H and O–H groups in total. The number of anilines is 1.